The van der Waals surface area contributed by atoms with Crippen molar-refractivity contribution in [2.45, 2.75) is 25.6 Å². The molecule has 3 nitrogen and oxygen atoms in total. The molecule has 0 radical (unpaired) electrons. The third-order valence-electron chi connectivity index (χ3n) is 3.93. The van der Waals surface area contributed by atoms with Crippen LogP contribution >= 0.6 is 11.8 Å². The fraction of sp³-hybridized carbons (Fsp3) is 0.263. The van der Waals surface area contributed by atoms with Crippen LogP contribution in [0.1, 0.15) is 45.2 Å². The molecule has 0 fully saturated rings. The van der Waals surface area contributed by atoms with Crippen LogP contribution in [0.15, 0.2) is 48.5 Å². The van der Waals surface area contributed by atoms with E-state index in [1.165, 1.54) is 10.5 Å². The summed E-state index contributed by atoms with van der Waals surface area (Å²) in [4.78, 5) is 26.3. The molecule has 0 aromatic heterocycles. The number of thioether (sulfide) groups is 1. The Bertz CT molecular complexity index is 707. The minimum absolute atomic E-state index is 0.193. The molecule has 23 heavy (non-hydrogen) atoms. The first-order valence-electron chi connectivity index (χ1n) is 7.82. The highest BCUT2D eigenvalue weighted by atomic mass is 32.2. The number of hydrogen-bond donors (Lipinski definition) is 0. The van der Waals surface area contributed by atoms with Crippen LogP contribution in [0.2, 0.25) is 0 Å². The number of hydrogen-bond acceptors (Lipinski definition) is 3. The molecule has 0 aliphatic carbocycles. The van der Waals surface area contributed by atoms with Gasteiger partial charge in [-0.15, -0.1) is 0 Å². The monoisotopic (exact) mass is 325 g/mol. The lowest BCUT2D eigenvalue weighted by molar-refractivity contribution is 0.0642. The predicted molar refractivity (Wildman–Crippen MR) is 93.5 cm³/mol. The average Bonchev–Trinajstić information content (AvgIpc) is 2.82. The van der Waals surface area contributed by atoms with Crippen molar-refractivity contribution in [1.29, 1.82) is 0 Å². The zero-order valence-corrected chi connectivity index (χ0v) is 13.9. The Kier molecular flexibility index (Phi) is 4.82. The zero-order chi connectivity index (χ0) is 16.2. The van der Waals surface area contributed by atoms with Crippen molar-refractivity contribution < 1.29 is 9.59 Å². The van der Waals surface area contributed by atoms with Gasteiger partial charge < -0.3 is 0 Å². The third-order valence-corrected chi connectivity index (χ3v) is 5.14. The van der Waals surface area contributed by atoms with Crippen LogP contribution in [-0.4, -0.2) is 22.5 Å². The Labute approximate surface area is 140 Å². The first-order chi connectivity index (χ1) is 11.2. The van der Waals surface area contributed by atoms with Gasteiger partial charge in [0.15, 0.2) is 0 Å². The van der Waals surface area contributed by atoms with Gasteiger partial charge in [-0.2, -0.15) is 11.8 Å². The summed E-state index contributed by atoms with van der Waals surface area (Å²) < 4.78 is 0. The highest BCUT2D eigenvalue weighted by molar-refractivity contribution is 7.98. The first-order valence-corrected chi connectivity index (χ1v) is 8.97. The lowest BCUT2D eigenvalue weighted by Crippen LogP contribution is -2.29. The number of imide groups is 1. The number of fused-ring (bicyclic) bond motifs is 1. The van der Waals surface area contributed by atoms with E-state index >= 15 is 0 Å². The summed E-state index contributed by atoms with van der Waals surface area (Å²) in [6.45, 7) is 2.51. The number of amides is 2. The molecule has 3 rings (SSSR count). The molecular weight excluding hydrogens is 306 g/mol. The predicted octanol–water partition coefficient (Wildman–Crippen LogP) is 4.13. The van der Waals surface area contributed by atoms with E-state index < -0.39 is 0 Å². The molecule has 2 aromatic rings. The quantitative estimate of drug-likeness (QED) is 0.592. The Hall–Kier alpha value is -2.07. The minimum Gasteiger partial charge on any atom is -0.270 e. The van der Waals surface area contributed by atoms with E-state index in [-0.39, 0.29) is 11.8 Å². The maximum Gasteiger partial charge on any atom is 0.261 e. The fourth-order valence-electron chi connectivity index (χ4n) is 2.73. The second-order valence-corrected chi connectivity index (χ2v) is 6.67. The second kappa shape index (κ2) is 7.01. The van der Waals surface area contributed by atoms with Crippen molar-refractivity contribution in [1.82, 2.24) is 4.90 Å². The summed E-state index contributed by atoms with van der Waals surface area (Å²) in [6, 6.07) is 15.1. The van der Waals surface area contributed by atoms with Gasteiger partial charge in [0.2, 0.25) is 0 Å². The van der Waals surface area contributed by atoms with Crippen LogP contribution in [-0.2, 0) is 12.3 Å². The van der Waals surface area contributed by atoms with E-state index in [2.05, 4.69) is 13.0 Å². The summed E-state index contributed by atoms with van der Waals surface area (Å²) in [5.74, 6) is 1.64. The van der Waals surface area contributed by atoms with E-state index in [9.17, 15) is 9.59 Å². The summed E-state index contributed by atoms with van der Waals surface area (Å²) in [5.41, 5.74) is 3.26. The summed E-state index contributed by atoms with van der Waals surface area (Å²) in [6.07, 6.45) is 1.14. The summed E-state index contributed by atoms with van der Waals surface area (Å²) in [7, 11) is 0. The van der Waals surface area contributed by atoms with E-state index in [1.54, 1.807) is 24.3 Å². The van der Waals surface area contributed by atoms with E-state index in [0.29, 0.717) is 17.7 Å². The van der Waals surface area contributed by atoms with Crippen LogP contribution in [0.25, 0.3) is 0 Å². The van der Waals surface area contributed by atoms with E-state index in [4.69, 9.17) is 0 Å². The molecular formula is C19H19NO2S. The molecule has 0 unspecified atom stereocenters. The lowest BCUT2D eigenvalue weighted by Gasteiger charge is -2.16. The molecule has 1 aliphatic rings. The topological polar surface area (TPSA) is 37.4 Å². The lowest BCUT2D eigenvalue weighted by atomic mass is 10.1. The molecule has 1 heterocycles. The smallest absolute Gasteiger partial charge is 0.261 e. The number of nitrogens with zero attached hydrogens (tertiary/aromatic N) is 1. The van der Waals surface area contributed by atoms with Crippen molar-refractivity contribution in [2.75, 3.05) is 5.75 Å². The van der Waals surface area contributed by atoms with Crippen molar-refractivity contribution in [3.05, 3.63) is 70.8 Å². The van der Waals surface area contributed by atoms with Gasteiger partial charge >= 0.3 is 0 Å². The fourth-order valence-corrected chi connectivity index (χ4v) is 3.67. The molecule has 2 amide bonds. The molecule has 118 valence electrons. The zero-order valence-electron chi connectivity index (χ0n) is 13.1. The highest BCUT2D eigenvalue weighted by Gasteiger charge is 2.35. The van der Waals surface area contributed by atoms with Gasteiger partial charge in [-0.05, 0) is 35.4 Å². The maximum absolute atomic E-state index is 12.5. The maximum atomic E-state index is 12.5. The molecule has 0 atom stereocenters. The summed E-state index contributed by atoms with van der Waals surface area (Å²) >= 11 is 1.88. The SMILES string of the molecule is CCCSCc1ccccc1CN1C(=O)c2ccccc2C1=O. The Morgan fingerprint density at radius 1 is 0.870 bits per heavy atom. The number of rotatable bonds is 6. The first kappa shape index (κ1) is 15.8. The largest absolute Gasteiger partial charge is 0.270 e. The van der Waals surface area contributed by atoms with Gasteiger partial charge in [0.05, 0.1) is 17.7 Å². The summed E-state index contributed by atoms with van der Waals surface area (Å²) in [5, 5.41) is 0. The van der Waals surface area contributed by atoms with Gasteiger partial charge in [0.1, 0.15) is 0 Å². The Morgan fingerprint density at radius 3 is 2.04 bits per heavy atom. The number of carbonyl (C=O) groups is 2. The van der Waals surface area contributed by atoms with Gasteiger partial charge in [-0.25, -0.2) is 0 Å². The van der Waals surface area contributed by atoms with E-state index in [0.717, 1.165) is 23.5 Å². The number of benzene rings is 2. The molecule has 0 saturated carbocycles. The Balaban J connectivity index is 1.81. The molecule has 0 bridgehead atoms. The Morgan fingerprint density at radius 2 is 1.43 bits per heavy atom. The van der Waals surface area contributed by atoms with Gasteiger partial charge in [0, 0.05) is 5.75 Å². The second-order valence-electron chi connectivity index (χ2n) is 5.56. The molecule has 0 N–H and O–H groups in total. The van der Waals surface area contributed by atoms with Crippen LogP contribution in [0.4, 0.5) is 0 Å². The molecule has 1 aliphatic heterocycles. The average molecular weight is 325 g/mol. The van der Waals surface area contributed by atoms with Crippen LogP contribution in [0.5, 0.6) is 0 Å². The molecule has 4 heteroatoms. The van der Waals surface area contributed by atoms with Crippen molar-refractivity contribution in [3.8, 4) is 0 Å². The van der Waals surface area contributed by atoms with Crippen molar-refractivity contribution in [2.24, 2.45) is 0 Å². The van der Waals surface area contributed by atoms with Gasteiger partial charge in [-0.3, -0.25) is 14.5 Å². The minimum atomic E-state index is -0.193. The van der Waals surface area contributed by atoms with Crippen LogP contribution in [0.3, 0.4) is 0 Å². The van der Waals surface area contributed by atoms with Crippen molar-refractivity contribution >= 4 is 23.6 Å². The van der Waals surface area contributed by atoms with Crippen molar-refractivity contribution in [3.63, 3.8) is 0 Å². The molecule has 2 aromatic carbocycles. The normalized spacial score (nSPS) is 13.5. The van der Waals surface area contributed by atoms with Gasteiger partial charge in [-0.1, -0.05) is 43.3 Å². The number of carbonyl (C=O) groups excluding carboxylic acids is 2. The van der Waals surface area contributed by atoms with Crippen LogP contribution in [0, 0.1) is 0 Å². The van der Waals surface area contributed by atoms with E-state index in [1.807, 2.05) is 30.0 Å². The molecule has 0 saturated heterocycles. The van der Waals surface area contributed by atoms with Crippen LogP contribution < -0.4 is 0 Å². The highest BCUT2D eigenvalue weighted by Crippen LogP contribution is 2.26. The van der Waals surface area contributed by atoms with Gasteiger partial charge in [0.25, 0.3) is 11.8 Å². The third kappa shape index (κ3) is 3.17. The standard InChI is InChI=1S/C19H19NO2S/c1-2-11-23-13-15-8-4-3-7-14(15)12-20-18(21)16-9-5-6-10-17(16)19(20)22/h3-10H,2,11-13H2,1H3. The molecule has 0 spiro atoms.